The van der Waals surface area contributed by atoms with Gasteiger partial charge in [0.15, 0.2) is 5.79 Å². The number of fused-ring (bicyclic) bond motifs is 2. The van der Waals surface area contributed by atoms with Crippen LogP contribution in [0.25, 0.3) is 11.0 Å². The predicted molar refractivity (Wildman–Crippen MR) is 115 cm³/mol. The van der Waals surface area contributed by atoms with Crippen LogP contribution in [0.3, 0.4) is 0 Å². The maximum Gasteiger partial charge on any atom is 0.163 e. The van der Waals surface area contributed by atoms with E-state index in [0.717, 1.165) is 30.3 Å². The lowest BCUT2D eigenvalue weighted by Crippen LogP contribution is -2.27. The lowest BCUT2D eigenvalue weighted by molar-refractivity contribution is -0.160. The highest BCUT2D eigenvalue weighted by atomic mass is 16.8. The molecule has 0 amide bonds. The topological polar surface area (TPSA) is 88.1 Å². The van der Waals surface area contributed by atoms with Gasteiger partial charge in [-0.15, -0.1) is 0 Å². The normalized spacial score (nSPS) is 27.5. The molecule has 1 saturated heterocycles. The summed E-state index contributed by atoms with van der Waals surface area (Å²) in [5.41, 5.74) is 8.27. The van der Waals surface area contributed by atoms with E-state index < -0.39 is 5.79 Å². The van der Waals surface area contributed by atoms with Gasteiger partial charge in [-0.05, 0) is 69.2 Å². The van der Waals surface area contributed by atoms with Crippen LogP contribution < -0.4 is 5.73 Å². The maximum absolute atomic E-state index is 6.37. The minimum absolute atomic E-state index is 0.0250. The van der Waals surface area contributed by atoms with Crippen LogP contribution in [0.5, 0.6) is 0 Å². The molecule has 4 atom stereocenters. The summed E-state index contributed by atoms with van der Waals surface area (Å²) < 4.78 is 14.9. The lowest BCUT2D eigenvalue weighted by Gasteiger charge is -2.24. The molecule has 5 rings (SSSR count). The maximum atomic E-state index is 6.37. The molecule has 2 N–H and O–H groups in total. The summed E-state index contributed by atoms with van der Waals surface area (Å²) in [5.74, 6) is 0.431. The monoisotopic (exact) mass is 407 g/mol. The van der Waals surface area contributed by atoms with Crippen molar-refractivity contribution >= 4 is 16.9 Å². The van der Waals surface area contributed by atoms with E-state index >= 15 is 0 Å². The number of nitrogens with zero attached hydrogens (tertiary/aromatic N) is 4. The fourth-order valence-corrected chi connectivity index (χ4v) is 5.15. The zero-order chi connectivity index (χ0) is 20.7. The third kappa shape index (κ3) is 3.56. The SMILES string of the molecule is CC1(C)O[C@@H]2[C@@H](CCCCc3ccncc3)C[C@@H](n3ccc4c(N)ncnc43)[C@@H]2O1. The summed E-state index contributed by atoms with van der Waals surface area (Å²) in [5, 5.41) is 0.896. The molecule has 2 aliphatic rings. The van der Waals surface area contributed by atoms with Gasteiger partial charge in [0.05, 0.1) is 17.5 Å². The molecule has 0 spiro atoms. The molecule has 1 aliphatic carbocycles. The van der Waals surface area contributed by atoms with E-state index in [-0.39, 0.29) is 18.2 Å². The highest BCUT2D eigenvalue weighted by molar-refractivity contribution is 5.86. The molecule has 3 aromatic rings. The van der Waals surface area contributed by atoms with Crippen LogP contribution in [0.15, 0.2) is 43.1 Å². The molecule has 0 unspecified atom stereocenters. The minimum Gasteiger partial charge on any atom is -0.383 e. The van der Waals surface area contributed by atoms with E-state index in [1.807, 2.05) is 32.3 Å². The number of nitrogens with two attached hydrogens (primary N) is 1. The van der Waals surface area contributed by atoms with Crippen molar-refractivity contribution in [2.45, 2.75) is 70.0 Å². The highest BCUT2D eigenvalue weighted by Gasteiger charge is 2.54. The zero-order valence-corrected chi connectivity index (χ0v) is 17.6. The van der Waals surface area contributed by atoms with E-state index in [9.17, 15) is 0 Å². The third-order valence-electron chi connectivity index (χ3n) is 6.49. The van der Waals surface area contributed by atoms with E-state index in [1.54, 1.807) is 0 Å². The van der Waals surface area contributed by atoms with Gasteiger partial charge in [0.1, 0.15) is 23.9 Å². The largest absolute Gasteiger partial charge is 0.383 e. The highest BCUT2D eigenvalue weighted by Crippen LogP contribution is 2.49. The summed E-state index contributed by atoms with van der Waals surface area (Å²) in [4.78, 5) is 12.7. The second kappa shape index (κ2) is 7.63. The quantitative estimate of drug-likeness (QED) is 0.624. The molecule has 0 aromatic carbocycles. The molecule has 7 nitrogen and oxygen atoms in total. The van der Waals surface area contributed by atoms with Crippen LogP contribution >= 0.6 is 0 Å². The number of aromatic nitrogens is 4. The Kier molecular flexibility index (Phi) is 4.95. The second-order valence-corrected chi connectivity index (χ2v) is 8.95. The molecule has 0 bridgehead atoms. The number of pyridine rings is 1. The first-order valence-corrected chi connectivity index (χ1v) is 10.8. The van der Waals surface area contributed by atoms with Crippen molar-refractivity contribution in [1.82, 2.24) is 19.5 Å². The van der Waals surface area contributed by atoms with Crippen molar-refractivity contribution in [2.24, 2.45) is 5.92 Å². The molecular formula is C23H29N5O2. The number of ether oxygens (including phenoxy) is 2. The van der Waals surface area contributed by atoms with Crippen LogP contribution in [-0.2, 0) is 15.9 Å². The summed E-state index contributed by atoms with van der Waals surface area (Å²) in [6.07, 6.45) is 13.1. The Labute approximate surface area is 176 Å². The predicted octanol–water partition coefficient (Wildman–Crippen LogP) is 3.90. The molecule has 3 aromatic heterocycles. The second-order valence-electron chi connectivity index (χ2n) is 8.95. The first-order valence-electron chi connectivity index (χ1n) is 10.8. The Morgan fingerprint density at radius 1 is 1.10 bits per heavy atom. The summed E-state index contributed by atoms with van der Waals surface area (Å²) >= 11 is 0. The number of anilines is 1. The van der Waals surface area contributed by atoms with Gasteiger partial charge in [0.25, 0.3) is 0 Å². The molecule has 1 aliphatic heterocycles. The first-order chi connectivity index (χ1) is 14.5. The van der Waals surface area contributed by atoms with Gasteiger partial charge in [0, 0.05) is 18.6 Å². The summed E-state index contributed by atoms with van der Waals surface area (Å²) in [7, 11) is 0. The Bertz CT molecular complexity index is 1020. The molecule has 0 radical (unpaired) electrons. The van der Waals surface area contributed by atoms with Crippen molar-refractivity contribution in [3.05, 3.63) is 48.7 Å². The molecule has 30 heavy (non-hydrogen) atoms. The fraction of sp³-hybridized carbons (Fsp3) is 0.522. The standard InChI is InChI=1S/C23H29N5O2/c1-23(2)29-19-16(6-4-3-5-15-7-10-25-11-8-15)13-18(20(19)30-23)28-12-9-17-21(24)26-14-27-22(17)28/h7-12,14,16,18-20H,3-6,13H2,1-2H3,(H2,24,26,27)/t16-,18+,19+,20-/m0/s1. The Hall–Kier alpha value is -2.51. The van der Waals surface area contributed by atoms with Crippen LogP contribution in [0.4, 0.5) is 5.82 Å². The number of aryl methyl sites for hydroxylation is 1. The molecular weight excluding hydrogens is 378 g/mol. The first kappa shape index (κ1) is 19.5. The third-order valence-corrected chi connectivity index (χ3v) is 6.49. The van der Waals surface area contributed by atoms with E-state index in [2.05, 4.69) is 37.8 Å². The Morgan fingerprint density at radius 2 is 1.90 bits per heavy atom. The smallest absolute Gasteiger partial charge is 0.163 e. The van der Waals surface area contributed by atoms with Crippen LogP contribution in [-0.4, -0.2) is 37.5 Å². The molecule has 1 saturated carbocycles. The average molecular weight is 408 g/mol. The van der Waals surface area contributed by atoms with E-state index in [4.69, 9.17) is 15.2 Å². The minimum atomic E-state index is -0.555. The van der Waals surface area contributed by atoms with Crippen molar-refractivity contribution in [1.29, 1.82) is 0 Å². The van der Waals surface area contributed by atoms with Gasteiger partial charge >= 0.3 is 0 Å². The Balaban J connectivity index is 1.32. The number of nitrogen functional groups attached to an aromatic ring is 1. The summed E-state index contributed by atoms with van der Waals surface area (Å²) in [6, 6.07) is 6.39. The van der Waals surface area contributed by atoms with Crippen molar-refractivity contribution in [3.8, 4) is 0 Å². The molecule has 7 heteroatoms. The van der Waals surface area contributed by atoms with Gasteiger partial charge in [-0.25, -0.2) is 9.97 Å². The van der Waals surface area contributed by atoms with E-state index in [1.165, 1.54) is 24.7 Å². The zero-order valence-electron chi connectivity index (χ0n) is 17.6. The van der Waals surface area contributed by atoms with Crippen LogP contribution in [0.2, 0.25) is 0 Å². The number of rotatable bonds is 6. The van der Waals surface area contributed by atoms with Crippen molar-refractivity contribution < 1.29 is 9.47 Å². The van der Waals surface area contributed by atoms with Gasteiger partial charge in [-0.3, -0.25) is 4.98 Å². The lowest BCUT2D eigenvalue weighted by atomic mass is 9.96. The van der Waals surface area contributed by atoms with Crippen LogP contribution in [0.1, 0.15) is 51.1 Å². The number of hydrogen-bond acceptors (Lipinski definition) is 6. The van der Waals surface area contributed by atoms with Gasteiger partial charge in [-0.2, -0.15) is 0 Å². The molecule has 4 heterocycles. The molecule has 2 fully saturated rings. The van der Waals surface area contributed by atoms with Gasteiger partial charge in [-0.1, -0.05) is 6.42 Å². The van der Waals surface area contributed by atoms with Gasteiger partial charge in [0.2, 0.25) is 0 Å². The summed E-state index contributed by atoms with van der Waals surface area (Å²) in [6.45, 7) is 4.02. The molecule has 158 valence electrons. The van der Waals surface area contributed by atoms with E-state index in [0.29, 0.717) is 11.7 Å². The van der Waals surface area contributed by atoms with Gasteiger partial charge < -0.3 is 19.8 Å². The Morgan fingerprint density at radius 3 is 2.73 bits per heavy atom. The number of hydrogen-bond donors (Lipinski definition) is 1. The van der Waals surface area contributed by atoms with Crippen molar-refractivity contribution in [2.75, 3.05) is 5.73 Å². The fourth-order valence-electron chi connectivity index (χ4n) is 5.15. The number of unbranched alkanes of at least 4 members (excludes halogenated alkanes) is 1. The van der Waals surface area contributed by atoms with Crippen LogP contribution in [0, 0.1) is 5.92 Å². The van der Waals surface area contributed by atoms with Crippen molar-refractivity contribution in [3.63, 3.8) is 0 Å². The average Bonchev–Trinajstić information content (AvgIpc) is 3.38.